The van der Waals surface area contributed by atoms with E-state index in [0.717, 1.165) is 41.0 Å². The molecule has 1 aromatic heterocycles. The van der Waals surface area contributed by atoms with E-state index in [4.69, 9.17) is 26.1 Å². The number of hydrogen-bond donors (Lipinski definition) is 0. The number of carbonyl (C=O) groups excluding carboxylic acids is 1. The van der Waals surface area contributed by atoms with E-state index >= 15 is 0 Å². The smallest absolute Gasteiger partial charge is 0.252 e. The van der Waals surface area contributed by atoms with Crippen molar-refractivity contribution in [1.29, 1.82) is 0 Å². The highest BCUT2D eigenvalue weighted by atomic mass is 35.5. The highest BCUT2D eigenvalue weighted by Gasteiger charge is 2.25. The molecule has 5 nitrogen and oxygen atoms in total. The van der Waals surface area contributed by atoms with Gasteiger partial charge in [-0.05, 0) is 49.6 Å². The summed E-state index contributed by atoms with van der Waals surface area (Å²) in [6.45, 7) is 3.70. The second-order valence-corrected chi connectivity index (χ2v) is 8.39. The topological polar surface area (TPSA) is 51.7 Å². The molecule has 156 valence electrons. The van der Waals surface area contributed by atoms with Crippen LogP contribution in [-0.4, -0.2) is 36.8 Å². The molecule has 0 saturated carbocycles. The van der Waals surface area contributed by atoms with Crippen molar-refractivity contribution < 1.29 is 14.3 Å². The number of fused-ring (bicyclic) bond motifs is 1. The fourth-order valence-corrected chi connectivity index (χ4v) is 4.61. The number of carbonyl (C=O) groups is 1. The standard InChI is InChI=1S/C23H23ClN2O3S/c1-2-28-19-10-5-11-20-22(19)25-23(30-20)26(15-17-8-6-14-29-17)21(27)13-12-16-7-3-4-9-18(16)24/h3-5,7,9-13,17H,2,6,8,14-15H2,1H3/b13-12+. The summed E-state index contributed by atoms with van der Waals surface area (Å²) < 4.78 is 12.5. The summed E-state index contributed by atoms with van der Waals surface area (Å²) in [5.74, 6) is 0.580. The van der Waals surface area contributed by atoms with Gasteiger partial charge in [0.2, 0.25) is 0 Å². The van der Waals surface area contributed by atoms with E-state index in [1.54, 1.807) is 23.1 Å². The van der Waals surface area contributed by atoms with Crippen molar-refractivity contribution in [2.45, 2.75) is 25.9 Å². The van der Waals surface area contributed by atoms with Gasteiger partial charge in [0.15, 0.2) is 5.13 Å². The fourth-order valence-electron chi connectivity index (χ4n) is 3.41. The molecule has 30 heavy (non-hydrogen) atoms. The van der Waals surface area contributed by atoms with Gasteiger partial charge in [0.25, 0.3) is 5.91 Å². The number of amides is 1. The van der Waals surface area contributed by atoms with E-state index in [9.17, 15) is 4.79 Å². The van der Waals surface area contributed by atoms with E-state index in [1.807, 2.05) is 43.3 Å². The lowest BCUT2D eigenvalue weighted by atomic mass is 10.2. The third kappa shape index (κ3) is 4.67. The van der Waals surface area contributed by atoms with Crippen molar-refractivity contribution >= 4 is 50.3 Å². The predicted molar refractivity (Wildman–Crippen MR) is 123 cm³/mol. The Morgan fingerprint density at radius 2 is 2.20 bits per heavy atom. The maximum Gasteiger partial charge on any atom is 0.252 e. The Hall–Kier alpha value is -2.41. The van der Waals surface area contributed by atoms with Crippen LogP contribution in [0.5, 0.6) is 5.75 Å². The Labute approximate surface area is 184 Å². The van der Waals surface area contributed by atoms with E-state index in [0.29, 0.717) is 23.3 Å². The molecule has 1 fully saturated rings. The van der Waals surface area contributed by atoms with Crippen molar-refractivity contribution in [3.05, 3.63) is 59.1 Å². The molecule has 2 heterocycles. The van der Waals surface area contributed by atoms with E-state index in [-0.39, 0.29) is 12.0 Å². The normalized spacial score (nSPS) is 16.4. The van der Waals surface area contributed by atoms with Crippen molar-refractivity contribution in [2.24, 2.45) is 0 Å². The minimum absolute atomic E-state index is 0.0148. The number of para-hydroxylation sites is 1. The lowest BCUT2D eigenvalue weighted by Gasteiger charge is -2.21. The summed E-state index contributed by atoms with van der Waals surface area (Å²) in [5.41, 5.74) is 1.58. The number of halogens is 1. The zero-order chi connectivity index (χ0) is 20.9. The Bertz CT molecular complexity index is 1060. The van der Waals surface area contributed by atoms with E-state index < -0.39 is 0 Å². The molecule has 1 aliphatic heterocycles. The molecule has 0 spiro atoms. The molecular weight excluding hydrogens is 420 g/mol. The predicted octanol–water partition coefficient (Wildman–Crippen LogP) is 5.57. The molecule has 0 aliphatic carbocycles. The Kier molecular flexibility index (Phi) is 6.67. The van der Waals surface area contributed by atoms with Crippen LogP contribution in [0.3, 0.4) is 0 Å². The maximum atomic E-state index is 13.2. The van der Waals surface area contributed by atoms with Gasteiger partial charge in [-0.25, -0.2) is 4.98 Å². The first-order chi connectivity index (χ1) is 14.7. The van der Waals surface area contributed by atoms with Crippen molar-refractivity contribution in [3.8, 4) is 5.75 Å². The maximum absolute atomic E-state index is 13.2. The molecule has 0 radical (unpaired) electrons. The van der Waals surface area contributed by atoms with Crippen LogP contribution in [0.4, 0.5) is 5.13 Å². The summed E-state index contributed by atoms with van der Waals surface area (Å²) in [5, 5.41) is 1.25. The minimum Gasteiger partial charge on any atom is -0.492 e. The number of hydrogen-bond acceptors (Lipinski definition) is 5. The van der Waals surface area contributed by atoms with Crippen LogP contribution in [0.25, 0.3) is 16.3 Å². The van der Waals surface area contributed by atoms with Crippen molar-refractivity contribution in [3.63, 3.8) is 0 Å². The number of ether oxygens (including phenoxy) is 2. The average molecular weight is 443 g/mol. The van der Waals surface area contributed by atoms with Gasteiger partial charge in [0.05, 0.1) is 24.0 Å². The monoisotopic (exact) mass is 442 g/mol. The summed E-state index contributed by atoms with van der Waals surface area (Å²) >= 11 is 7.70. The van der Waals surface area contributed by atoms with E-state index in [1.165, 1.54) is 11.3 Å². The highest BCUT2D eigenvalue weighted by molar-refractivity contribution is 7.22. The van der Waals surface area contributed by atoms with Gasteiger partial charge in [0.1, 0.15) is 11.3 Å². The summed E-state index contributed by atoms with van der Waals surface area (Å²) in [7, 11) is 0. The zero-order valence-electron chi connectivity index (χ0n) is 16.7. The van der Waals surface area contributed by atoms with Gasteiger partial charge >= 0.3 is 0 Å². The molecule has 0 N–H and O–H groups in total. The number of thiazole rings is 1. The van der Waals surface area contributed by atoms with Crippen LogP contribution < -0.4 is 9.64 Å². The SMILES string of the molecule is CCOc1cccc2sc(N(CC3CCCO3)C(=O)/C=C/c3ccccc3Cl)nc12. The van der Waals surface area contributed by atoms with Gasteiger partial charge in [0, 0.05) is 17.7 Å². The summed E-state index contributed by atoms with van der Waals surface area (Å²) in [6, 6.07) is 13.3. The highest BCUT2D eigenvalue weighted by Crippen LogP contribution is 2.35. The Morgan fingerprint density at radius 3 is 2.97 bits per heavy atom. The Balaban J connectivity index is 1.65. The summed E-state index contributed by atoms with van der Waals surface area (Å²) in [4.78, 5) is 19.6. The molecule has 1 aliphatic rings. The molecular formula is C23H23ClN2O3S. The lowest BCUT2D eigenvalue weighted by molar-refractivity contribution is -0.114. The zero-order valence-corrected chi connectivity index (χ0v) is 18.3. The quantitative estimate of drug-likeness (QED) is 0.448. The number of anilines is 1. The second-order valence-electron chi connectivity index (χ2n) is 6.97. The van der Waals surface area contributed by atoms with Crippen LogP contribution in [0, 0.1) is 0 Å². The van der Waals surface area contributed by atoms with Crippen molar-refractivity contribution in [1.82, 2.24) is 4.98 Å². The third-order valence-electron chi connectivity index (χ3n) is 4.89. The van der Waals surface area contributed by atoms with Crippen LogP contribution >= 0.6 is 22.9 Å². The first-order valence-electron chi connectivity index (χ1n) is 10.0. The molecule has 1 atom stereocenters. The molecule has 3 aromatic rings. The largest absolute Gasteiger partial charge is 0.492 e. The molecule has 4 rings (SSSR count). The molecule has 2 aromatic carbocycles. The first-order valence-corrected chi connectivity index (χ1v) is 11.2. The first kappa shape index (κ1) is 20.8. The fraction of sp³-hybridized carbons (Fsp3) is 0.304. The number of benzene rings is 2. The van der Waals surface area contributed by atoms with Crippen molar-refractivity contribution in [2.75, 3.05) is 24.7 Å². The lowest BCUT2D eigenvalue weighted by Crippen LogP contribution is -2.36. The molecule has 1 unspecified atom stereocenters. The molecule has 1 saturated heterocycles. The third-order valence-corrected chi connectivity index (χ3v) is 6.28. The van der Waals surface area contributed by atoms with Gasteiger partial charge in [-0.3, -0.25) is 9.69 Å². The van der Waals surface area contributed by atoms with Crippen LogP contribution in [0.15, 0.2) is 48.5 Å². The molecule has 1 amide bonds. The number of rotatable bonds is 7. The van der Waals surface area contributed by atoms with Crippen LogP contribution in [-0.2, 0) is 9.53 Å². The summed E-state index contributed by atoms with van der Waals surface area (Å²) in [6.07, 6.45) is 5.25. The molecule has 0 bridgehead atoms. The van der Waals surface area contributed by atoms with Gasteiger partial charge in [-0.2, -0.15) is 0 Å². The van der Waals surface area contributed by atoms with E-state index in [2.05, 4.69) is 0 Å². The van der Waals surface area contributed by atoms with Gasteiger partial charge in [-0.1, -0.05) is 47.2 Å². The van der Waals surface area contributed by atoms with Crippen LogP contribution in [0.2, 0.25) is 5.02 Å². The van der Waals surface area contributed by atoms with Gasteiger partial charge < -0.3 is 9.47 Å². The van der Waals surface area contributed by atoms with Crippen LogP contribution in [0.1, 0.15) is 25.3 Å². The molecule has 7 heteroatoms. The average Bonchev–Trinajstić information content (AvgIpc) is 3.41. The Morgan fingerprint density at radius 1 is 1.33 bits per heavy atom. The minimum atomic E-state index is -0.151. The second kappa shape index (κ2) is 9.60. The number of aromatic nitrogens is 1. The number of nitrogens with zero attached hydrogens (tertiary/aromatic N) is 2. The van der Waals surface area contributed by atoms with Gasteiger partial charge in [-0.15, -0.1) is 0 Å².